The molecule has 0 saturated carbocycles. The number of hydrogen-bond donors (Lipinski definition) is 1. The average Bonchev–Trinajstić information content (AvgIpc) is 2.89. The Morgan fingerprint density at radius 2 is 1.82 bits per heavy atom. The molecule has 2 aromatic carbocycles. The zero-order valence-electron chi connectivity index (χ0n) is 22.5. The van der Waals surface area contributed by atoms with Gasteiger partial charge < -0.3 is 19.3 Å². The minimum absolute atomic E-state index is 0.0479. The van der Waals surface area contributed by atoms with Gasteiger partial charge in [-0.25, -0.2) is 4.79 Å². The van der Waals surface area contributed by atoms with Crippen LogP contribution in [-0.2, 0) is 15.7 Å². The lowest BCUT2D eigenvalue weighted by Gasteiger charge is -2.23. The number of esters is 1. The lowest BCUT2D eigenvalue weighted by atomic mass is 9.98. The number of hydrogen-bond acceptors (Lipinski definition) is 7. The van der Waals surface area contributed by atoms with Crippen LogP contribution in [0.4, 0.5) is 18.9 Å². The second-order valence-electron chi connectivity index (χ2n) is 9.13. The van der Waals surface area contributed by atoms with Gasteiger partial charge in [-0.3, -0.25) is 10.1 Å². The molecule has 1 N–H and O–H groups in total. The standard InChI is InChI=1S/C28H33ClF3NO7/c1-4-6-8-19(14-27(35)38-18(3)17-34)24(9-7-5-2)40-26-16-21(11-12-23(26)33(36)37)39-25-13-10-20(15-22(25)29)28(30,31)32/h10-16,18,24,34H,4-9,17H2,1-3H3. The second-order valence-corrected chi connectivity index (χ2v) is 9.54. The van der Waals surface area contributed by atoms with E-state index >= 15 is 0 Å². The molecule has 220 valence electrons. The van der Waals surface area contributed by atoms with E-state index in [0.29, 0.717) is 24.8 Å². The van der Waals surface area contributed by atoms with Crippen molar-refractivity contribution in [3.8, 4) is 17.2 Å². The van der Waals surface area contributed by atoms with Gasteiger partial charge in [-0.05, 0) is 62.4 Å². The molecule has 12 heteroatoms. The monoisotopic (exact) mass is 587 g/mol. The van der Waals surface area contributed by atoms with Crippen LogP contribution in [0.1, 0.15) is 64.9 Å². The summed E-state index contributed by atoms with van der Waals surface area (Å²) in [7, 11) is 0. The number of unbranched alkanes of at least 4 members (excludes halogenated alkanes) is 2. The molecule has 40 heavy (non-hydrogen) atoms. The number of rotatable bonds is 15. The third-order valence-electron chi connectivity index (χ3n) is 5.81. The summed E-state index contributed by atoms with van der Waals surface area (Å²) >= 11 is 6.00. The molecule has 2 aromatic rings. The van der Waals surface area contributed by atoms with Crippen LogP contribution < -0.4 is 9.47 Å². The normalized spacial score (nSPS) is 13.4. The molecular formula is C28H33ClF3NO7. The third-order valence-corrected chi connectivity index (χ3v) is 6.11. The molecule has 0 heterocycles. The Balaban J connectivity index is 2.45. The maximum Gasteiger partial charge on any atom is 0.416 e. The van der Waals surface area contributed by atoms with Gasteiger partial charge in [0.15, 0.2) is 0 Å². The Kier molecular flexibility index (Phi) is 12.7. The summed E-state index contributed by atoms with van der Waals surface area (Å²) < 4.78 is 55.9. The number of ether oxygens (including phenoxy) is 3. The molecule has 0 aromatic heterocycles. The number of nitrogens with zero attached hydrogens (tertiary/aromatic N) is 1. The van der Waals surface area contributed by atoms with Gasteiger partial charge in [0.05, 0.1) is 22.1 Å². The predicted octanol–water partition coefficient (Wildman–Crippen LogP) is 8.04. The van der Waals surface area contributed by atoms with Crippen LogP contribution in [0.2, 0.25) is 5.02 Å². The number of halogens is 4. The first-order chi connectivity index (χ1) is 18.9. The molecule has 0 amide bonds. The Labute approximate surface area is 235 Å². The molecule has 0 spiro atoms. The van der Waals surface area contributed by atoms with E-state index in [1.54, 1.807) is 6.92 Å². The molecule has 0 bridgehead atoms. The topological polar surface area (TPSA) is 108 Å². The summed E-state index contributed by atoms with van der Waals surface area (Å²) in [5.41, 5.74) is -0.731. The van der Waals surface area contributed by atoms with Gasteiger partial charge in [-0.15, -0.1) is 0 Å². The number of benzene rings is 2. The van der Waals surface area contributed by atoms with Gasteiger partial charge in [0.2, 0.25) is 5.75 Å². The van der Waals surface area contributed by atoms with Crippen LogP contribution in [0, 0.1) is 10.1 Å². The van der Waals surface area contributed by atoms with Gasteiger partial charge in [0.25, 0.3) is 0 Å². The van der Waals surface area contributed by atoms with Crippen molar-refractivity contribution in [3.63, 3.8) is 0 Å². The molecule has 2 unspecified atom stereocenters. The SMILES string of the molecule is CCCCC(=CC(=O)OC(C)CO)C(CCCC)Oc1cc(Oc2ccc(C(F)(F)F)cc2Cl)ccc1[N+](=O)[O-]. The second kappa shape index (κ2) is 15.5. The van der Waals surface area contributed by atoms with Crippen LogP contribution >= 0.6 is 11.6 Å². The summed E-state index contributed by atoms with van der Waals surface area (Å²) in [5.74, 6) is -0.847. The largest absolute Gasteiger partial charge is 0.479 e. The molecular weight excluding hydrogens is 555 g/mol. The summed E-state index contributed by atoms with van der Waals surface area (Å²) in [6.45, 7) is 5.14. The minimum atomic E-state index is -4.59. The maximum atomic E-state index is 13.0. The van der Waals surface area contributed by atoms with E-state index in [1.807, 2.05) is 13.8 Å². The zero-order chi connectivity index (χ0) is 29.9. The third kappa shape index (κ3) is 10.0. The first kappa shape index (κ1) is 32.9. The minimum Gasteiger partial charge on any atom is -0.479 e. The van der Waals surface area contributed by atoms with E-state index in [1.165, 1.54) is 18.2 Å². The van der Waals surface area contributed by atoms with Crippen molar-refractivity contribution in [2.45, 2.75) is 77.7 Å². The van der Waals surface area contributed by atoms with Crippen LogP contribution in [0.5, 0.6) is 17.2 Å². The van der Waals surface area contributed by atoms with Crippen molar-refractivity contribution >= 4 is 23.3 Å². The van der Waals surface area contributed by atoms with E-state index in [2.05, 4.69) is 0 Å². The number of carbonyl (C=O) groups excluding carboxylic acids is 1. The smallest absolute Gasteiger partial charge is 0.416 e. The van der Waals surface area contributed by atoms with E-state index in [-0.39, 0.29) is 34.6 Å². The van der Waals surface area contributed by atoms with Crippen molar-refractivity contribution in [1.29, 1.82) is 0 Å². The predicted molar refractivity (Wildman–Crippen MR) is 144 cm³/mol. The highest BCUT2D eigenvalue weighted by Gasteiger charge is 2.31. The van der Waals surface area contributed by atoms with Crippen LogP contribution in [0.15, 0.2) is 48.0 Å². The fraction of sp³-hybridized carbons (Fsp3) is 0.464. The number of aliphatic hydroxyl groups excluding tert-OH is 1. The zero-order valence-corrected chi connectivity index (χ0v) is 23.3. The average molecular weight is 588 g/mol. The number of nitro groups is 1. The van der Waals surface area contributed by atoms with Gasteiger partial charge >= 0.3 is 17.8 Å². The highest BCUT2D eigenvalue weighted by Crippen LogP contribution is 2.39. The molecule has 0 saturated heterocycles. The number of nitro benzene ring substituents is 1. The van der Waals surface area contributed by atoms with Gasteiger partial charge in [-0.1, -0.05) is 38.3 Å². The lowest BCUT2D eigenvalue weighted by molar-refractivity contribution is -0.386. The van der Waals surface area contributed by atoms with E-state index < -0.39 is 34.8 Å². The first-order valence-electron chi connectivity index (χ1n) is 12.9. The van der Waals surface area contributed by atoms with Crippen molar-refractivity contribution in [2.75, 3.05) is 6.61 Å². The Bertz CT molecular complexity index is 1190. The molecule has 0 fully saturated rings. The van der Waals surface area contributed by atoms with Gasteiger partial charge in [0.1, 0.15) is 23.7 Å². The van der Waals surface area contributed by atoms with Crippen molar-refractivity contribution in [2.24, 2.45) is 0 Å². The summed E-state index contributed by atoms with van der Waals surface area (Å²) in [5, 5.41) is 20.7. The fourth-order valence-corrected chi connectivity index (χ4v) is 3.90. The maximum absolute atomic E-state index is 13.0. The number of carbonyl (C=O) groups is 1. The molecule has 0 aliphatic carbocycles. The van der Waals surface area contributed by atoms with Crippen molar-refractivity contribution < 1.29 is 42.2 Å². The van der Waals surface area contributed by atoms with Crippen LogP contribution in [-0.4, -0.2) is 34.8 Å². The number of alkyl halides is 3. The molecule has 0 radical (unpaired) electrons. The van der Waals surface area contributed by atoms with Crippen LogP contribution in [0.3, 0.4) is 0 Å². The Hall–Kier alpha value is -3.31. The summed E-state index contributed by atoms with van der Waals surface area (Å²) in [6.07, 6.45) is -0.765. The molecule has 2 atom stereocenters. The highest BCUT2D eigenvalue weighted by atomic mass is 35.5. The number of aliphatic hydroxyl groups is 1. The van der Waals surface area contributed by atoms with E-state index in [0.717, 1.165) is 43.5 Å². The fourth-order valence-electron chi connectivity index (χ4n) is 3.68. The lowest BCUT2D eigenvalue weighted by Crippen LogP contribution is -2.23. The van der Waals surface area contributed by atoms with E-state index in [4.69, 9.17) is 25.8 Å². The van der Waals surface area contributed by atoms with Gasteiger partial charge in [-0.2, -0.15) is 13.2 Å². The van der Waals surface area contributed by atoms with Crippen molar-refractivity contribution in [1.82, 2.24) is 0 Å². The van der Waals surface area contributed by atoms with Gasteiger partial charge in [0, 0.05) is 18.2 Å². The molecule has 2 rings (SSSR count). The quantitative estimate of drug-likeness (QED) is 0.0972. The highest BCUT2D eigenvalue weighted by molar-refractivity contribution is 6.32. The molecule has 8 nitrogen and oxygen atoms in total. The molecule has 0 aliphatic heterocycles. The Morgan fingerprint density at radius 3 is 2.40 bits per heavy atom. The summed E-state index contributed by atoms with van der Waals surface area (Å²) in [4.78, 5) is 23.7. The first-order valence-corrected chi connectivity index (χ1v) is 13.3. The summed E-state index contributed by atoms with van der Waals surface area (Å²) in [6, 6.07) is 6.29. The Morgan fingerprint density at radius 1 is 1.12 bits per heavy atom. The molecule has 0 aliphatic rings. The van der Waals surface area contributed by atoms with Crippen LogP contribution in [0.25, 0.3) is 0 Å². The van der Waals surface area contributed by atoms with Crippen molar-refractivity contribution in [3.05, 3.63) is 68.7 Å². The van der Waals surface area contributed by atoms with E-state index in [9.17, 15) is 33.2 Å².